The SMILES string of the molecule is CCCc1[nH]nc(C(=O)NCCCC(C)CO)c1N. The highest BCUT2D eigenvalue weighted by atomic mass is 16.3. The highest BCUT2D eigenvalue weighted by Crippen LogP contribution is 2.15. The van der Waals surface area contributed by atoms with E-state index in [1.807, 2.05) is 13.8 Å². The number of H-pyrrole nitrogens is 1. The maximum atomic E-state index is 11.9. The Hall–Kier alpha value is -1.56. The van der Waals surface area contributed by atoms with Gasteiger partial charge in [0.1, 0.15) is 0 Å². The Bertz CT molecular complexity index is 403. The number of aliphatic hydroxyl groups is 1. The van der Waals surface area contributed by atoms with E-state index >= 15 is 0 Å². The second-order valence-electron chi connectivity index (χ2n) is 4.90. The van der Waals surface area contributed by atoms with E-state index in [1.54, 1.807) is 0 Å². The van der Waals surface area contributed by atoms with E-state index in [0.29, 0.717) is 12.2 Å². The molecule has 19 heavy (non-hydrogen) atoms. The van der Waals surface area contributed by atoms with E-state index in [4.69, 9.17) is 10.8 Å². The van der Waals surface area contributed by atoms with Gasteiger partial charge in [0, 0.05) is 13.2 Å². The molecule has 1 aromatic heterocycles. The number of aromatic amines is 1. The standard InChI is InChI=1S/C13H24N4O2/c1-3-5-10-11(14)12(17-16-10)13(19)15-7-4-6-9(2)8-18/h9,18H,3-8,14H2,1-2H3,(H,15,19)(H,16,17). The van der Waals surface area contributed by atoms with Crippen LogP contribution in [0.4, 0.5) is 5.69 Å². The summed E-state index contributed by atoms with van der Waals surface area (Å²) in [5.41, 5.74) is 7.42. The van der Waals surface area contributed by atoms with Gasteiger partial charge in [0.2, 0.25) is 0 Å². The summed E-state index contributed by atoms with van der Waals surface area (Å²) in [5.74, 6) is 0.0243. The maximum absolute atomic E-state index is 11.9. The molecule has 6 heteroatoms. The van der Waals surface area contributed by atoms with E-state index in [-0.39, 0.29) is 24.1 Å². The molecule has 1 atom stereocenters. The molecule has 0 aliphatic carbocycles. The number of nitrogen functional groups attached to an aromatic ring is 1. The molecule has 1 amide bonds. The molecule has 108 valence electrons. The Morgan fingerprint density at radius 2 is 2.32 bits per heavy atom. The monoisotopic (exact) mass is 268 g/mol. The van der Waals surface area contributed by atoms with Crippen LogP contribution in [-0.4, -0.2) is 34.4 Å². The van der Waals surface area contributed by atoms with E-state index < -0.39 is 0 Å². The predicted octanol–water partition coefficient (Wildman–Crippen LogP) is 1.08. The number of rotatable bonds is 8. The Labute approximate surface area is 113 Å². The zero-order chi connectivity index (χ0) is 14.3. The number of aliphatic hydroxyl groups excluding tert-OH is 1. The zero-order valence-electron chi connectivity index (χ0n) is 11.7. The Kier molecular flexibility index (Phi) is 6.35. The fourth-order valence-electron chi connectivity index (χ4n) is 1.83. The molecule has 0 bridgehead atoms. The lowest BCUT2D eigenvalue weighted by Gasteiger charge is -2.07. The van der Waals surface area contributed by atoms with E-state index in [1.165, 1.54) is 0 Å². The first-order chi connectivity index (χ1) is 9.10. The number of carbonyl (C=O) groups is 1. The number of nitrogens with two attached hydrogens (primary N) is 1. The average molecular weight is 268 g/mol. The minimum atomic E-state index is -0.243. The molecule has 0 aromatic carbocycles. The first kappa shape index (κ1) is 15.5. The van der Waals surface area contributed by atoms with Crippen molar-refractivity contribution in [2.24, 2.45) is 5.92 Å². The van der Waals surface area contributed by atoms with Gasteiger partial charge >= 0.3 is 0 Å². The highest BCUT2D eigenvalue weighted by molar-refractivity contribution is 5.97. The van der Waals surface area contributed by atoms with Crippen molar-refractivity contribution in [1.82, 2.24) is 15.5 Å². The average Bonchev–Trinajstić information content (AvgIpc) is 2.76. The minimum Gasteiger partial charge on any atom is -0.396 e. The number of hydrogen-bond donors (Lipinski definition) is 4. The van der Waals surface area contributed by atoms with Crippen molar-refractivity contribution in [1.29, 1.82) is 0 Å². The first-order valence-corrected chi connectivity index (χ1v) is 6.81. The molecule has 0 aliphatic heterocycles. The van der Waals surface area contributed by atoms with Crippen molar-refractivity contribution in [2.45, 2.75) is 39.5 Å². The zero-order valence-corrected chi connectivity index (χ0v) is 11.7. The molecule has 6 nitrogen and oxygen atoms in total. The molecule has 0 radical (unpaired) electrons. The lowest BCUT2D eigenvalue weighted by Crippen LogP contribution is -2.26. The van der Waals surface area contributed by atoms with Gasteiger partial charge in [-0.05, 0) is 25.2 Å². The number of aromatic nitrogens is 2. The molecule has 0 aliphatic rings. The van der Waals surface area contributed by atoms with Gasteiger partial charge in [0.05, 0.1) is 11.4 Å². The Morgan fingerprint density at radius 1 is 1.58 bits per heavy atom. The third-order valence-corrected chi connectivity index (χ3v) is 3.07. The fraction of sp³-hybridized carbons (Fsp3) is 0.692. The molecule has 0 fully saturated rings. The quantitative estimate of drug-likeness (QED) is 0.530. The smallest absolute Gasteiger partial charge is 0.273 e. The Morgan fingerprint density at radius 3 is 2.95 bits per heavy atom. The number of nitrogens with zero attached hydrogens (tertiary/aromatic N) is 1. The van der Waals surface area contributed by atoms with Crippen molar-refractivity contribution in [3.8, 4) is 0 Å². The van der Waals surface area contributed by atoms with Gasteiger partial charge in [-0.2, -0.15) is 5.10 Å². The van der Waals surface area contributed by atoms with Crippen LogP contribution in [0, 0.1) is 5.92 Å². The van der Waals surface area contributed by atoms with Crippen LogP contribution in [0.15, 0.2) is 0 Å². The van der Waals surface area contributed by atoms with Crippen molar-refractivity contribution < 1.29 is 9.90 Å². The lowest BCUT2D eigenvalue weighted by molar-refractivity contribution is 0.0948. The molecule has 0 spiro atoms. The largest absolute Gasteiger partial charge is 0.396 e. The molecule has 1 rings (SSSR count). The minimum absolute atomic E-state index is 0.181. The molecular weight excluding hydrogens is 244 g/mol. The molecule has 1 unspecified atom stereocenters. The summed E-state index contributed by atoms with van der Waals surface area (Å²) >= 11 is 0. The summed E-state index contributed by atoms with van der Waals surface area (Å²) < 4.78 is 0. The van der Waals surface area contributed by atoms with Gasteiger partial charge < -0.3 is 16.2 Å². The summed E-state index contributed by atoms with van der Waals surface area (Å²) in [4.78, 5) is 11.9. The van der Waals surface area contributed by atoms with Crippen LogP contribution in [-0.2, 0) is 6.42 Å². The van der Waals surface area contributed by atoms with Crippen molar-refractivity contribution in [2.75, 3.05) is 18.9 Å². The van der Waals surface area contributed by atoms with Crippen LogP contribution in [0.3, 0.4) is 0 Å². The van der Waals surface area contributed by atoms with Crippen LogP contribution in [0.5, 0.6) is 0 Å². The number of amides is 1. The molecule has 1 aromatic rings. The summed E-state index contributed by atoms with van der Waals surface area (Å²) in [6.07, 6.45) is 3.46. The lowest BCUT2D eigenvalue weighted by atomic mass is 10.1. The summed E-state index contributed by atoms with van der Waals surface area (Å²) in [7, 11) is 0. The number of anilines is 1. The van der Waals surface area contributed by atoms with Crippen LogP contribution in [0.2, 0.25) is 0 Å². The number of carbonyl (C=O) groups excluding carboxylic acids is 1. The van der Waals surface area contributed by atoms with Gasteiger partial charge in [-0.1, -0.05) is 20.3 Å². The van der Waals surface area contributed by atoms with E-state index in [2.05, 4.69) is 15.5 Å². The second-order valence-corrected chi connectivity index (χ2v) is 4.90. The van der Waals surface area contributed by atoms with E-state index in [0.717, 1.165) is 31.4 Å². The number of nitrogens with one attached hydrogen (secondary N) is 2. The molecule has 0 saturated heterocycles. The van der Waals surface area contributed by atoms with Gasteiger partial charge in [-0.3, -0.25) is 9.89 Å². The Balaban J connectivity index is 2.41. The van der Waals surface area contributed by atoms with Gasteiger partial charge in [0.15, 0.2) is 5.69 Å². The van der Waals surface area contributed by atoms with E-state index in [9.17, 15) is 4.79 Å². The molecular formula is C13H24N4O2. The van der Waals surface area contributed by atoms with Crippen molar-refractivity contribution in [3.63, 3.8) is 0 Å². The van der Waals surface area contributed by atoms with Crippen LogP contribution in [0.25, 0.3) is 0 Å². The van der Waals surface area contributed by atoms with Crippen molar-refractivity contribution in [3.05, 3.63) is 11.4 Å². The van der Waals surface area contributed by atoms with Crippen LogP contribution >= 0.6 is 0 Å². The second kappa shape index (κ2) is 7.78. The first-order valence-electron chi connectivity index (χ1n) is 6.81. The molecule has 5 N–H and O–H groups in total. The van der Waals surface area contributed by atoms with Gasteiger partial charge in [-0.25, -0.2) is 0 Å². The summed E-state index contributed by atoms with van der Waals surface area (Å²) in [6.45, 7) is 4.77. The molecule has 1 heterocycles. The molecule has 0 saturated carbocycles. The van der Waals surface area contributed by atoms with Crippen molar-refractivity contribution >= 4 is 11.6 Å². The van der Waals surface area contributed by atoms with Gasteiger partial charge in [-0.15, -0.1) is 0 Å². The van der Waals surface area contributed by atoms with Crippen LogP contribution in [0.1, 0.15) is 49.3 Å². The fourth-order valence-corrected chi connectivity index (χ4v) is 1.83. The normalized spacial score (nSPS) is 12.4. The summed E-state index contributed by atoms with van der Waals surface area (Å²) in [6, 6.07) is 0. The van der Waals surface area contributed by atoms with Gasteiger partial charge in [0.25, 0.3) is 5.91 Å². The predicted molar refractivity (Wildman–Crippen MR) is 74.8 cm³/mol. The van der Waals surface area contributed by atoms with Crippen LogP contribution < -0.4 is 11.1 Å². The maximum Gasteiger partial charge on any atom is 0.273 e. The highest BCUT2D eigenvalue weighted by Gasteiger charge is 2.16. The number of hydrogen-bond acceptors (Lipinski definition) is 4. The third-order valence-electron chi connectivity index (χ3n) is 3.07. The summed E-state index contributed by atoms with van der Waals surface area (Å²) in [5, 5.41) is 18.5. The number of aryl methyl sites for hydroxylation is 1. The topological polar surface area (TPSA) is 104 Å². The third kappa shape index (κ3) is 4.55.